The first-order valence-electron chi connectivity index (χ1n) is 11.2. The Bertz CT molecular complexity index is 1030. The first-order chi connectivity index (χ1) is 15.9. The first kappa shape index (κ1) is 24.2. The fraction of sp³-hybridized carbons (Fsp3) is 0.565. The number of nitrogens with zero attached hydrogens (tertiary/aromatic N) is 1. The predicted octanol–water partition coefficient (Wildman–Crippen LogP) is 2.05. The van der Waals surface area contributed by atoms with Gasteiger partial charge in [-0.3, -0.25) is 24.5 Å². The van der Waals surface area contributed by atoms with Gasteiger partial charge in [0.2, 0.25) is 11.8 Å². The van der Waals surface area contributed by atoms with Gasteiger partial charge >= 0.3 is 6.18 Å². The summed E-state index contributed by atoms with van der Waals surface area (Å²) >= 11 is 0. The molecule has 1 aromatic rings. The van der Waals surface area contributed by atoms with Crippen molar-refractivity contribution in [1.29, 1.82) is 0 Å². The Labute approximate surface area is 193 Å². The standard InChI is InChI=1S/C23H26F3N3O5/c1-22(34)8-6-12(7-9-22)18(23(24,25)26)28-19(31)13-2-3-15-14(10-13)11-29(21(15)33)16-4-5-17(30)27-20(16)32/h2-3,10,12,16,18,34H,4-9,11H2,1H3,(H,28,31)(H,27,30,32)/t12-,16?,18-,22+/m1/s1. The largest absolute Gasteiger partial charge is 0.408 e. The van der Waals surface area contributed by atoms with Gasteiger partial charge in [0, 0.05) is 24.1 Å². The zero-order valence-electron chi connectivity index (χ0n) is 18.6. The molecule has 1 aromatic carbocycles. The molecule has 11 heteroatoms. The van der Waals surface area contributed by atoms with E-state index in [0.29, 0.717) is 5.56 Å². The number of piperidine rings is 1. The molecular formula is C23H26F3N3O5. The second-order valence-electron chi connectivity index (χ2n) is 9.60. The van der Waals surface area contributed by atoms with Gasteiger partial charge in [-0.2, -0.15) is 13.2 Å². The molecule has 0 bridgehead atoms. The first-order valence-corrected chi connectivity index (χ1v) is 11.2. The second kappa shape index (κ2) is 8.68. The van der Waals surface area contributed by atoms with E-state index in [0.717, 1.165) is 0 Å². The summed E-state index contributed by atoms with van der Waals surface area (Å²) in [5.74, 6) is -3.17. The van der Waals surface area contributed by atoms with Crippen LogP contribution in [0, 0.1) is 5.92 Å². The molecular weight excluding hydrogens is 455 g/mol. The molecule has 4 amide bonds. The van der Waals surface area contributed by atoms with Crippen molar-refractivity contribution in [3.63, 3.8) is 0 Å². The SMILES string of the molecule is C[C@]1(O)CC[C@@H]([C@@H](NC(=O)c2ccc3c(c2)CN(C2CCC(=O)NC2=O)C3=O)C(F)(F)F)CC1. The van der Waals surface area contributed by atoms with Gasteiger partial charge in [0.25, 0.3) is 11.8 Å². The number of rotatable bonds is 4. The highest BCUT2D eigenvalue weighted by Crippen LogP contribution is 2.38. The number of carbonyl (C=O) groups excluding carboxylic acids is 4. The molecule has 1 unspecified atom stereocenters. The van der Waals surface area contributed by atoms with Crippen LogP contribution in [0.25, 0.3) is 0 Å². The van der Waals surface area contributed by atoms with Crippen LogP contribution in [0.2, 0.25) is 0 Å². The van der Waals surface area contributed by atoms with Gasteiger partial charge in [0.05, 0.1) is 5.60 Å². The van der Waals surface area contributed by atoms with Crippen LogP contribution in [0.15, 0.2) is 18.2 Å². The molecule has 1 saturated heterocycles. The van der Waals surface area contributed by atoms with Crippen LogP contribution in [-0.2, 0) is 16.1 Å². The smallest absolute Gasteiger partial charge is 0.390 e. The Morgan fingerprint density at radius 1 is 1.21 bits per heavy atom. The third-order valence-electron chi connectivity index (χ3n) is 7.00. The minimum atomic E-state index is -4.65. The molecule has 0 spiro atoms. The van der Waals surface area contributed by atoms with Gasteiger partial charge in [-0.1, -0.05) is 0 Å². The van der Waals surface area contributed by atoms with E-state index < -0.39 is 53.4 Å². The third kappa shape index (κ3) is 4.79. The number of hydrogen-bond donors (Lipinski definition) is 3. The quantitative estimate of drug-likeness (QED) is 0.570. The van der Waals surface area contributed by atoms with E-state index in [-0.39, 0.29) is 56.2 Å². The molecule has 3 N–H and O–H groups in total. The number of fused-ring (bicyclic) bond motifs is 1. The molecule has 4 rings (SSSR count). The summed E-state index contributed by atoms with van der Waals surface area (Å²) in [4.78, 5) is 50.4. The summed E-state index contributed by atoms with van der Waals surface area (Å²) in [6.45, 7) is 1.61. The van der Waals surface area contributed by atoms with Crippen molar-refractivity contribution in [1.82, 2.24) is 15.5 Å². The van der Waals surface area contributed by atoms with E-state index in [9.17, 15) is 37.5 Å². The molecule has 2 heterocycles. The van der Waals surface area contributed by atoms with E-state index in [4.69, 9.17) is 0 Å². The number of nitrogens with one attached hydrogen (secondary N) is 2. The number of imide groups is 1. The maximum Gasteiger partial charge on any atom is 0.408 e. The summed E-state index contributed by atoms with van der Waals surface area (Å²) in [6.07, 6.45) is -3.67. The second-order valence-corrected chi connectivity index (χ2v) is 9.60. The molecule has 2 fully saturated rings. The number of halogens is 3. The Morgan fingerprint density at radius 2 is 1.88 bits per heavy atom. The zero-order valence-corrected chi connectivity index (χ0v) is 18.6. The van der Waals surface area contributed by atoms with Gasteiger partial charge < -0.3 is 15.3 Å². The van der Waals surface area contributed by atoms with Crippen molar-refractivity contribution in [2.24, 2.45) is 5.92 Å². The minimum absolute atomic E-state index is 0.0158. The molecule has 0 aromatic heterocycles. The summed E-state index contributed by atoms with van der Waals surface area (Å²) < 4.78 is 41.3. The van der Waals surface area contributed by atoms with Gasteiger partial charge in [-0.25, -0.2) is 0 Å². The van der Waals surface area contributed by atoms with Crippen LogP contribution < -0.4 is 10.6 Å². The molecule has 8 nitrogen and oxygen atoms in total. The van der Waals surface area contributed by atoms with Crippen LogP contribution in [0.4, 0.5) is 13.2 Å². The number of amides is 4. The highest BCUT2D eigenvalue weighted by molar-refractivity contribution is 6.06. The maximum absolute atomic E-state index is 13.8. The van der Waals surface area contributed by atoms with E-state index in [1.165, 1.54) is 23.1 Å². The average molecular weight is 481 g/mol. The van der Waals surface area contributed by atoms with Gasteiger partial charge in [0.1, 0.15) is 12.1 Å². The van der Waals surface area contributed by atoms with E-state index >= 15 is 0 Å². The lowest BCUT2D eigenvalue weighted by Gasteiger charge is -2.37. The van der Waals surface area contributed by atoms with Crippen molar-refractivity contribution in [2.75, 3.05) is 0 Å². The Morgan fingerprint density at radius 3 is 2.50 bits per heavy atom. The summed E-state index contributed by atoms with van der Waals surface area (Å²) in [5.41, 5.74) is -0.325. The number of carbonyl (C=O) groups is 4. The number of aliphatic hydroxyl groups is 1. The van der Waals surface area contributed by atoms with Crippen molar-refractivity contribution in [2.45, 2.75) is 75.9 Å². The monoisotopic (exact) mass is 481 g/mol. The molecule has 2 aliphatic heterocycles. The molecule has 1 aliphatic carbocycles. The van der Waals surface area contributed by atoms with Crippen LogP contribution >= 0.6 is 0 Å². The lowest BCUT2D eigenvalue weighted by Crippen LogP contribution is -2.52. The highest BCUT2D eigenvalue weighted by Gasteiger charge is 2.47. The van der Waals surface area contributed by atoms with Crippen LogP contribution in [0.5, 0.6) is 0 Å². The molecule has 34 heavy (non-hydrogen) atoms. The molecule has 2 atom stereocenters. The number of alkyl halides is 3. The minimum Gasteiger partial charge on any atom is -0.390 e. The summed E-state index contributed by atoms with van der Waals surface area (Å²) in [7, 11) is 0. The van der Waals surface area contributed by atoms with Gasteiger partial charge in [-0.05, 0) is 68.7 Å². The van der Waals surface area contributed by atoms with E-state index in [1.807, 2.05) is 0 Å². The number of benzene rings is 1. The van der Waals surface area contributed by atoms with Crippen molar-refractivity contribution < 1.29 is 37.5 Å². The Balaban J connectivity index is 1.48. The zero-order chi connectivity index (χ0) is 24.8. The van der Waals surface area contributed by atoms with Crippen LogP contribution in [-0.4, -0.2) is 57.5 Å². The molecule has 3 aliphatic rings. The predicted molar refractivity (Wildman–Crippen MR) is 112 cm³/mol. The fourth-order valence-electron chi connectivity index (χ4n) is 5.00. The molecule has 0 radical (unpaired) electrons. The Hall–Kier alpha value is -2.95. The third-order valence-corrected chi connectivity index (χ3v) is 7.00. The molecule has 184 valence electrons. The summed E-state index contributed by atoms with van der Waals surface area (Å²) in [5, 5.41) is 14.4. The van der Waals surface area contributed by atoms with E-state index in [1.54, 1.807) is 6.92 Å². The molecule has 1 saturated carbocycles. The lowest BCUT2D eigenvalue weighted by atomic mass is 9.76. The van der Waals surface area contributed by atoms with Crippen molar-refractivity contribution >= 4 is 23.6 Å². The van der Waals surface area contributed by atoms with Crippen LogP contribution in [0.1, 0.15) is 71.7 Å². The van der Waals surface area contributed by atoms with Gasteiger partial charge in [0.15, 0.2) is 0 Å². The highest BCUT2D eigenvalue weighted by atomic mass is 19.4. The number of hydrogen-bond acceptors (Lipinski definition) is 5. The van der Waals surface area contributed by atoms with Gasteiger partial charge in [-0.15, -0.1) is 0 Å². The lowest BCUT2D eigenvalue weighted by molar-refractivity contribution is -0.171. The topological polar surface area (TPSA) is 116 Å². The summed E-state index contributed by atoms with van der Waals surface area (Å²) in [6, 6.07) is 1.16. The maximum atomic E-state index is 13.8. The van der Waals surface area contributed by atoms with Crippen LogP contribution in [0.3, 0.4) is 0 Å². The Kier molecular flexibility index (Phi) is 6.17. The normalized spacial score (nSPS) is 28.4. The average Bonchev–Trinajstić information content (AvgIpc) is 3.07. The van der Waals surface area contributed by atoms with E-state index in [2.05, 4.69) is 10.6 Å². The van der Waals surface area contributed by atoms with Crippen molar-refractivity contribution in [3.8, 4) is 0 Å². The fourth-order valence-corrected chi connectivity index (χ4v) is 5.00. The van der Waals surface area contributed by atoms with Crippen molar-refractivity contribution in [3.05, 3.63) is 34.9 Å².